The van der Waals surface area contributed by atoms with Crippen LogP contribution in [0.5, 0.6) is 0 Å². The van der Waals surface area contributed by atoms with Crippen molar-refractivity contribution in [2.45, 2.75) is 6.42 Å². The molecular weight excluding hydrogens is 328 g/mol. The van der Waals surface area contributed by atoms with Crippen LogP contribution in [0.4, 0.5) is 20.4 Å². The summed E-state index contributed by atoms with van der Waals surface area (Å²) in [6.07, 6.45) is 3.68. The van der Waals surface area contributed by atoms with Gasteiger partial charge in [-0.15, -0.1) is 0 Å². The van der Waals surface area contributed by atoms with Crippen molar-refractivity contribution in [1.82, 2.24) is 14.9 Å². The van der Waals surface area contributed by atoms with Gasteiger partial charge in [-0.1, -0.05) is 0 Å². The van der Waals surface area contributed by atoms with Gasteiger partial charge in [-0.3, -0.25) is 9.69 Å². The second-order valence-corrected chi connectivity index (χ2v) is 5.80. The Bertz CT molecular complexity index is 720. The molecular formula is C17H19F2N5O. The van der Waals surface area contributed by atoms with Crippen molar-refractivity contribution in [2.75, 3.05) is 42.9 Å². The molecule has 0 bridgehead atoms. The Balaban J connectivity index is 1.43. The van der Waals surface area contributed by atoms with Gasteiger partial charge in [0.05, 0.1) is 5.69 Å². The fourth-order valence-corrected chi connectivity index (χ4v) is 2.69. The predicted octanol–water partition coefficient (Wildman–Crippen LogP) is 1.91. The second-order valence-electron chi connectivity index (χ2n) is 5.80. The van der Waals surface area contributed by atoms with E-state index >= 15 is 0 Å². The van der Waals surface area contributed by atoms with Crippen molar-refractivity contribution in [3.05, 3.63) is 48.3 Å². The number of rotatable bonds is 5. The van der Waals surface area contributed by atoms with Crippen LogP contribution in [0.1, 0.15) is 6.42 Å². The minimum absolute atomic E-state index is 0.00237. The number of carbonyl (C=O) groups excluding carboxylic acids is 1. The van der Waals surface area contributed by atoms with Gasteiger partial charge in [-0.25, -0.2) is 18.7 Å². The summed E-state index contributed by atoms with van der Waals surface area (Å²) in [7, 11) is 0. The molecule has 1 aliphatic rings. The van der Waals surface area contributed by atoms with Crippen molar-refractivity contribution >= 4 is 17.5 Å². The van der Waals surface area contributed by atoms with Crippen LogP contribution < -0.4 is 10.2 Å². The molecule has 6 nitrogen and oxygen atoms in total. The first-order valence-corrected chi connectivity index (χ1v) is 8.11. The lowest BCUT2D eigenvalue weighted by atomic mass is 10.2. The molecule has 0 radical (unpaired) electrons. The molecule has 0 spiro atoms. The largest absolute Gasteiger partial charge is 0.338 e. The van der Waals surface area contributed by atoms with Crippen LogP contribution in [0.3, 0.4) is 0 Å². The third kappa shape index (κ3) is 4.69. The van der Waals surface area contributed by atoms with Crippen molar-refractivity contribution in [2.24, 2.45) is 0 Å². The highest BCUT2D eigenvalue weighted by Gasteiger charge is 2.19. The zero-order valence-corrected chi connectivity index (χ0v) is 13.7. The maximum atomic E-state index is 13.5. The molecule has 0 saturated carbocycles. The van der Waals surface area contributed by atoms with E-state index in [4.69, 9.17) is 0 Å². The summed E-state index contributed by atoms with van der Waals surface area (Å²) in [5.74, 6) is -1.02. The van der Waals surface area contributed by atoms with E-state index in [1.54, 1.807) is 18.5 Å². The van der Waals surface area contributed by atoms with Gasteiger partial charge in [0.2, 0.25) is 11.9 Å². The highest BCUT2D eigenvalue weighted by Crippen LogP contribution is 2.15. The molecule has 2 aromatic rings. The van der Waals surface area contributed by atoms with E-state index in [0.29, 0.717) is 12.5 Å². The Hall–Kier alpha value is -2.61. The maximum Gasteiger partial charge on any atom is 0.225 e. The normalized spacial score (nSPS) is 15.2. The van der Waals surface area contributed by atoms with Gasteiger partial charge in [0.15, 0.2) is 0 Å². The van der Waals surface area contributed by atoms with Gasteiger partial charge >= 0.3 is 0 Å². The topological polar surface area (TPSA) is 61.4 Å². The zero-order valence-electron chi connectivity index (χ0n) is 13.7. The molecule has 132 valence electrons. The average Bonchev–Trinajstić information content (AvgIpc) is 2.63. The molecule has 1 fully saturated rings. The average molecular weight is 347 g/mol. The van der Waals surface area contributed by atoms with Crippen LogP contribution in [0, 0.1) is 11.6 Å². The molecule has 1 aliphatic heterocycles. The Labute approximate surface area is 144 Å². The van der Waals surface area contributed by atoms with Crippen molar-refractivity contribution in [1.29, 1.82) is 0 Å². The Kier molecular flexibility index (Phi) is 5.49. The highest BCUT2D eigenvalue weighted by molar-refractivity contribution is 5.90. The number of nitrogens with one attached hydrogen (secondary N) is 1. The number of aromatic nitrogens is 2. The summed E-state index contributed by atoms with van der Waals surface area (Å²) >= 11 is 0. The number of carbonyl (C=O) groups is 1. The van der Waals surface area contributed by atoms with Gasteiger partial charge in [0.25, 0.3) is 0 Å². The summed E-state index contributed by atoms with van der Waals surface area (Å²) in [6.45, 7) is 3.77. The summed E-state index contributed by atoms with van der Waals surface area (Å²) < 4.78 is 26.4. The minimum atomic E-state index is -0.773. The van der Waals surface area contributed by atoms with Crippen LogP contribution in [-0.4, -0.2) is 53.5 Å². The van der Waals surface area contributed by atoms with Crippen LogP contribution in [-0.2, 0) is 4.79 Å². The second kappa shape index (κ2) is 7.98. The molecule has 1 saturated heterocycles. The lowest BCUT2D eigenvalue weighted by Gasteiger charge is -2.34. The lowest BCUT2D eigenvalue weighted by Crippen LogP contribution is -2.47. The van der Waals surface area contributed by atoms with Crippen LogP contribution in [0.25, 0.3) is 0 Å². The van der Waals surface area contributed by atoms with Gasteiger partial charge < -0.3 is 10.2 Å². The van der Waals surface area contributed by atoms with E-state index in [1.807, 2.05) is 0 Å². The van der Waals surface area contributed by atoms with Crippen molar-refractivity contribution < 1.29 is 13.6 Å². The SMILES string of the molecule is O=C(CCN1CCN(c2ncccn2)CC1)Nc1ccc(F)cc1F. The first-order chi connectivity index (χ1) is 12.1. The molecule has 25 heavy (non-hydrogen) atoms. The molecule has 1 amide bonds. The molecule has 0 unspecified atom stereocenters. The van der Waals surface area contributed by atoms with E-state index in [1.165, 1.54) is 6.07 Å². The third-order valence-electron chi connectivity index (χ3n) is 4.07. The van der Waals surface area contributed by atoms with E-state index in [9.17, 15) is 13.6 Å². The summed E-state index contributed by atoms with van der Waals surface area (Å²) in [5, 5.41) is 2.47. The van der Waals surface area contributed by atoms with Gasteiger partial charge in [0.1, 0.15) is 11.6 Å². The summed E-state index contributed by atoms with van der Waals surface area (Å²) in [4.78, 5) is 24.7. The van der Waals surface area contributed by atoms with Gasteiger partial charge in [0, 0.05) is 57.6 Å². The maximum absolute atomic E-state index is 13.5. The standard InChI is InChI=1S/C17H19F2N5O/c18-13-2-3-15(14(19)12-13)22-16(25)4-7-23-8-10-24(11-9-23)17-20-5-1-6-21-17/h1-3,5-6,12H,4,7-11H2,(H,22,25). The number of piperazine rings is 1. The van der Waals surface area contributed by atoms with E-state index in [2.05, 4.69) is 25.1 Å². The van der Waals surface area contributed by atoms with E-state index in [-0.39, 0.29) is 18.0 Å². The summed E-state index contributed by atoms with van der Waals surface area (Å²) in [6, 6.07) is 4.87. The molecule has 0 aliphatic carbocycles. The summed E-state index contributed by atoms with van der Waals surface area (Å²) in [5.41, 5.74) is -0.00237. The number of anilines is 2. The third-order valence-corrected chi connectivity index (χ3v) is 4.07. The first kappa shape index (κ1) is 17.2. The van der Waals surface area contributed by atoms with Crippen LogP contribution in [0.2, 0.25) is 0 Å². The van der Waals surface area contributed by atoms with Crippen LogP contribution in [0.15, 0.2) is 36.7 Å². The number of benzene rings is 1. The Morgan fingerprint density at radius 2 is 1.84 bits per heavy atom. The van der Waals surface area contributed by atoms with Crippen molar-refractivity contribution in [3.63, 3.8) is 0 Å². The lowest BCUT2D eigenvalue weighted by molar-refractivity contribution is -0.116. The quantitative estimate of drug-likeness (QED) is 0.895. The molecule has 3 rings (SSSR count). The Morgan fingerprint density at radius 1 is 1.12 bits per heavy atom. The number of halogens is 2. The molecule has 8 heteroatoms. The molecule has 0 atom stereocenters. The van der Waals surface area contributed by atoms with Gasteiger partial charge in [-0.2, -0.15) is 0 Å². The van der Waals surface area contributed by atoms with E-state index < -0.39 is 11.6 Å². The molecule has 1 aromatic carbocycles. The van der Waals surface area contributed by atoms with Gasteiger partial charge in [-0.05, 0) is 18.2 Å². The van der Waals surface area contributed by atoms with Crippen LogP contribution >= 0.6 is 0 Å². The molecule has 2 heterocycles. The zero-order chi connectivity index (χ0) is 17.6. The van der Waals surface area contributed by atoms with E-state index in [0.717, 1.165) is 38.3 Å². The number of hydrogen-bond acceptors (Lipinski definition) is 5. The smallest absolute Gasteiger partial charge is 0.225 e. The number of amides is 1. The monoisotopic (exact) mass is 347 g/mol. The predicted molar refractivity (Wildman–Crippen MR) is 90.3 cm³/mol. The first-order valence-electron chi connectivity index (χ1n) is 8.11. The minimum Gasteiger partial charge on any atom is -0.338 e. The number of hydrogen-bond donors (Lipinski definition) is 1. The Morgan fingerprint density at radius 3 is 2.52 bits per heavy atom. The fraction of sp³-hybridized carbons (Fsp3) is 0.353. The molecule has 1 N–H and O–H groups in total. The fourth-order valence-electron chi connectivity index (χ4n) is 2.69. The highest BCUT2D eigenvalue weighted by atomic mass is 19.1. The molecule has 1 aromatic heterocycles. The van der Waals surface area contributed by atoms with Crippen molar-refractivity contribution in [3.8, 4) is 0 Å². The number of nitrogens with zero attached hydrogens (tertiary/aromatic N) is 4.